The summed E-state index contributed by atoms with van der Waals surface area (Å²) in [7, 11) is 0. The standard InChI is InChI=1S/C12H15N3O2/c1-7-5-8(2)15-12(14-7)13-6-11(9(3)16)10(4)17/h5-6,16H,1-4H3/b11-9-,13-6+. The summed E-state index contributed by atoms with van der Waals surface area (Å²) in [5, 5.41) is 9.30. The highest BCUT2D eigenvalue weighted by molar-refractivity contribution is 6.12. The molecule has 1 heterocycles. The maximum atomic E-state index is 11.2. The van der Waals surface area contributed by atoms with Crippen molar-refractivity contribution in [1.29, 1.82) is 0 Å². The third kappa shape index (κ3) is 3.79. The van der Waals surface area contributed by atoms with Crippen LogP contribution in [0.5, 0.6) is 0 Å². The maximum absolute atomic E-state index is 11.2. The second kappa shape index (κ2) is 5.34. The molecule has 0 atom stereocenters. The van der Waals surface area contributed by atoms with Crippen molar-refractivity contribution in [2.45, 2.75) is 27.7 Å². The molecule has 1 rings (SSSR count). The third-order valence-electron chi connectivity index (χ3n) is 2.05. The van der Waals surface area contributed by atoms with Gasteiger partial charge in [-0.1, -0.05) is 0 Å². The number of hydrogen-bond donors (Lipinski definition) is 1. The Bertz CT molecular complexity index is 480. The quantitative estimate of drug-likeness (QED) is 0.493. The SMILES string of the molecule is CC(=O)C(/C=N/c1nc(C)cc(C)n1)=C(/C)O. The van der Waals surface area contributed by atoms with Crippen molar-refractivity contribution in [2.24, 2.45) is 4.99 Å². The molecule has 0 aliphatic rings. The zero-order chi connectivity index (χ0) is 13.0. The van der Waals surface area contributed by atoms with Crippen molar-refractivity contribution in [3.63, 3.8) is 0 Å². The average Bonchev–Trinajstić information content (AvgIpc) is 2.14. The Morgan fingerprint density at radius 3 is 2.24 bits per heavy atom. The van der Waals surface area contributed by atoms with Gasteiger partial charge in [-0.05, 0) is 33.8 Å². The van der Waals surface area contributed by atoms with Gasteiger partial charge in [-0.25, -0.2) is 15.0 Å². The van der Waals surface area contributed by atoms with Crippen LogP contribution in [0.1, 0.15) is 25.2 Å². The Labute approximate surface area is 100.0 Å². The van der Waals surface area contributed by atoms with Gasteiger partial charge in [0.05, 0.1) is 5.57 Å². The maximum Gasteiger partial charge on any atom is 0.249 e. The number of carbonyl (C=O) groups is 1. The highest BCUT2D eigenvalue weighted by atomic mass is 16.3. The summed E-state index contributed by atoms with van der Waals surface area (Å²) in [6.45, 7) is 6.48. The highest BCUT2D eigenvalue weighted by Gasteiger charge is 2.05. The van der Waals surface area contributed by atoms with E-state index in [0.29, 0.717) is 0 Å². The first-order chi connectivity index (χ1) is 7.90. The summed E-state index contributed by atoms with van der Waals surface area (Å²) in [5.41, 5.74) is 1.77. The summed E-state index contributed by atoms with van der Waals surface area (Å²) in [4.78, 5) is 23.4. The van der Waals surface area contributed by atoms with E-state index in [-0.39, 0.29) is 23.1 Å². The summed E-state index contributed by atoms with van der Waals surface area (Å²) in [6.07, 6.45) is 1.28. The van der Waals surface area contributed by atoms with E-state index in [4.69, 9.17) is 0 Å². The van der Waals surface area contributed by atoms with Gasteiger partial charge >= 0.3 is 0 Å². The lowest BCUT2D eigenvalue weighted by atomic mass is 10.2. The van der Waals surface area contributed by atoms with Gasteiger partial charge in [0.25, 0.3) is 0 Å². The smallest absolute Gasteiger partial charge is 0.249 e. The predicted octanol–water partition coefficient (Wildman–Crippen LogP) is 2.22. The minimum absolute atomic E-state index is 0.0642. The van der Waals surface area contributed by atoms with E-state index in [9.17, 15) is 9.90 Å². The van der Waals surface area contributed by atoms with Crippen molar-refractivity contribution >= 4 is 17.9 Å². The van der Waals surface area contributed by atoms with Crippen molar-refractivity contribution in [2.75, 3.05) is 0 Å². The monoisotopic (exact) mass is 233 g/mol. The van der Waals surface area contributed by atoms with Crippen LogP contribution in [-0.2, 0) is 4.79 Å². The fraction of sp³-hybridized carbons (Fsp3) is 0.333. The van der Waals surface area contributed by atoms with Gasteiger partial charge in [0.1, 0.15) is 5.76 Å². The van der Waals surface area contributed by atoms with Gasteiger partial charge in [0.2, 0.25) is 5.95 Å². The highest BCUT2D eigenvalue weighted by Crippen LogP contribution is 2.08. The molecule has 0 aromatic carbocycles. The van der Waals surface area contributed by atoms with Crippen LogP contribution < -0.4 is 0 Å². The molecule has 17 heavy (non-hydrogen) atoms. The van der Waals surface area contributed by atoms with Crippen molar-refractivity contribution in [3.8, 4) is 0 Å². The minimum atomic E-state index is -0.252. The number of aliphatic hydroxyl groups is 1. The van der Waals surface area contributed by atoms with Crippen LogP contribution in [-0.4, -0.2) is 27.1 Å². The summed E-state index contributed by atoms with van der Waals surface area (Å²) in [5.74, 6) is -0.0359. The predicted molar refractivity (Wildman–Crippen MR) is 65.7 cm³/mol. The lowest BCUT2D eigenvalue weighted by Crippen LogP contribution is -2.01. The van der Waals surface area contributed by atoms with E-state index in [1.807, 2.05) is 19.9 Å². The molecule has 0 saturated carbocycles. The number of rotatable bonds is 3. The van der Waals surface area contributed by atoms with E-state index >= 15 is 0 Å². The molecule has 5 nitrogen and oxygen atoms in total. The van der Waals surface area contributed by atoms with Gasteiger partial charge in [-0.3, -0.25) is 4.79 Å². The van der Waals surface area contributed by atoms with E-state index in [2.05, 4.69) is 15.0 Å². The Hall–Kier alpha value is -2.04. The molecule has 0 aliphatic heterocycles. The van der Waals surface area contributed by atoms with Gasteiger partial charge in [0, 0.05) is 17.6 Å². The van der Waals surface area contributed by atoms with E-state index in [0.717, 1.165) is 11.4 Å². The lowest BCUT2D eigenvalue weighted by Gasteiger charge is -1.99. The van der Waals surface area contributed by atoms with Crippen LogP contribution in [0.2, 0.25) is 0 Å². The molecule has 0 bridgehead atoms. The van der Waals surface area contributed by atoms with Crippen LogP contribution in [0.25, 0.3) is 0 Å². The van der Waals surface area contributed by atoms with Gasteiger partial charge in [-0.2, -0.15) is 0 Å². The molecule has 1 aromatic heterocycles. The molecule has 1 N–H and O–H groups in total. The number of ketones is 1. The Morgan fingerprint density at radius 1 is 1.29 bits per heavy atom. The zero-order valence-corrected chi connectivity index (χ0v) is 10.4. The number of hydrogen-bond acceptors (Lipinski definition) is 5. The minimum Gasteiger partial charge on any atom is -0.512 e. The molecular formula is C12H15N3O2. The Kier molecular flexibility index (Phi) is 4.09. The van der Waals surface area contributed by atoms with Gasteiger partial charge < -0.3 is 5.11 Å². The number of aromatic nitrogens is 2. The van der Waals surface area contributed by atoms with Gasteiger partial charge in [0.15, 0.2) is 5.78 Å². The fourth-order valence-corrected chi connectivity index (χ4v) is 1.33. The average molecular weight is 233 g/mol. The summed E-state index contributed by atoms with van der Waals surface area (Å²) >= 11 is 0. The molecule has 0 saturated heterocycles. The Morgan fingerprint density at radius 2 is 1.82 bits per heavy atom. The molecule has 0 amide bonds. The largest absolute Gasteiger partial charge is 0.512 e. The number of nitrogens with zero attached hydrogens (tertiary/aromatic N) is 3. The molecule has 0 radical (unpaired) electrons. The van der Waals surface area contributed by atoms with Crippen LogP contribution >= 0.6 is 0 Å². The van der Waals surface area contributed by atoms with Crippen LogP contribution in [0.3, 0.4) is 0 Å². The Balaban J connectivity index is 3.05. The first-order valence-corrected chi connectivity index (χ1v) is 5.17. The number of aliphatic hydroxyl groups excluding tert-OH is 1. The molecule has 1 aromatic rings. The molecule has 5 heteroatoms. The summed E-state index contributed by atoms with van der Waals surface area (Å²) in [6, 6.07) is 1.83. The molecule has 0 aliphatic carbocycles. The first kappa shape index (κ1) is 13.0. The second-order valence-electron chi connectivity index (χ2n) is 3.76. The van der Waals surface area contributed by atoms with E-state index < -0.39 is 0 Å². The number of aryl methyl sites for hydroxylation is 2. The first-order valence-electron chi connectivity index (χ1n) is 5.17. The van der Waals surface area contributed by atoms with E-state index in [1.165, 1.54) is 20.1 Å². The number of carbonyl (C=O) groups excluding carboxylic acids is 1. The second-order valence-corrected chi connectivity index (χ2v) is 3.76. The van der Waals surface area contributed by atoms with Crippen LogP contribution in [0.15, 0.2) is 22.4 Å². The summed E-state index contributed by atoms with van der Waals surface area (Å²) < 4.78 is 0. The molecule has 0 fully saturated rings. The molecule has 0 unspecified atom stereocenters. The third-order valence-corrected chi connectivity index (χ3v) is 2.05. The van der Waals surface area contributed by atoms with Gasteiger partial charge in [-0.15, -0.1) is 0 Å². The van der Waals surface area contributed by atoms with Crippen LogP contribution in [0.4, 0.5) is 5.95 Å². The fourth-order valence-electron chi connectivity index (χ4n) is 1.33. The topological polar surface area (TPSA) is 75.4 Å². The zero-order valence-electron chi connectivity index (χ0n) is 10.4. The molecular weight excluding hydrogens is 218 g/mol. The van der Waals surface area contributed by atoms with Crippen molar-refractivity contribution < 1.29 is 9.90 Å². The van der Waals surface area contributed by atoms with Crippen LogP contribution in [0, 0.1) is 13.8 Å². The normalized spacial score (nSPS) is 12.7. The molecule has 0 spiro atoms. The van der Waals surface area contributed by atoms with Crippen molar-refractivity contribution in [1.82, 2.24) is 9.97 Å². The number of aliphatic imine (C=N–C) groups is 1. The number of allylic oxidation sites excluding steroid dienone is 2. The van der Waals surface area contributed by atoms with Crippen molar-refractivity contribution in [3.05, 3.63) is 28.8 Å². The lowest BCUT2D eigenvalue weighted by molar-refractivity contribution is -0.113. The number of Topliss-reactive ketones (excluding diaryl/α,β-unsaturated/α-hetero) is 1. The van der Waals surface area contributed by atoms with E-state index in [1.54, 1.807) is 0 Å². The molecule has 90 valence electrons.